The number of ether oxygens (including phenoxy) is 2. The number of amides is 2. The van der Waals surface area contributed by atoms with Gasteiger partial charge in [-0.05, 0) is 36.6 Å². The molecule has 1 N–H and O–H groups in total. The van der Waals surface area contributed by atoms with Gasteiger partial charge in [0.1, 0.15) is 5.75 Å². The molecule has 3 rings (SSSR count). The normalized spacial score (nSPS) is 17.4. The third-order valence-electron chi connectivity index (χ3n) is 4.14. The predicted molar refractivity (Wildman–Crippen MR) is 85.5 cm³/mol. The molecule has 0 spiro atoms. The Morgan fingerprint density at radius 2 is 2.09 bits per heavy atom. The second-order valence-corrected chi connectivity index (χ2v) is 5.81. The van der Waals surface area contributed by atoms with Crippen LogP contribution in [0.1, 0.15) is 24.8 Å². The van der Waals surface area contributed by atoms with E-state index in [9.17, 15) is 9.59 Å². The van der Waals surface area contributed by atoms with Gasteiger partial charge in [0.2, 0.25) is 11.8 Å². The average molecular weight is 318 g/mol. The van der Waals surface area contributed by atoms with E-state index in [0.29, 0.717) is 52.2 Å². The Morgan fingerprint density at radius 1 is 1.26 bits per heavy atom. The van der Waals surface area contributed by atoms with E-state index in [4.69, 9.17) is 9.47 Å². The Labute approximate surface area is 135 Å². The van der Waals surface area contributed by atoms with Crippen molar-refractivity contribution in [1.29, 1.82) is 0 Å². The molecule has 1 aromatic rings. The third kappa shape index (κ3) is 4.22. The zero-order chi connectivity index (χ0) is 16.1. The summed E-state index contributed by atoms with van der Waals surface area (Å²) in [6.07, 6.45) is 2.46. The molecule has 2 heterocycles. The number of benzene rings is 1. The van der Waals surface area contributed by atoms with Gasteiger partial charge in [-0.3, -0.25) is 9.59 Å². The SMILES string of the molecule is O=C1CCc2cc(OCCCC(=O)N3CCOCC3)ccc2N1. The summed E-state index contributed by atoms with van der Waals surface area (Å²) in [6.45, 7) is 3.16. The van der Waals surface area contributed by atoms with Crippen LogP contribution in [-0.4, -0.2) is 49.6 Å². The highest BCUT2D eigenvalue weighted by atomic mass is 16.5. The van der Waals surface area contributed by atoms with Crippen LogP contribution in [0.5, 0.6) is 5.75 Å². The van der Waals surface area contributed by atoms with Gasteiger partial charge in [-0.15, -0.1) is 0 Å². The molecule has 2 aliphatic rings. The molecule has 6 heteroatoms. The second kappa shape index (κ2) is 7.46. The molecule has 124 valence electrons. The van der Waals surface area contributed by atoms with E-state index in [1.54, 1.807) is 0 Å². The minimum Gasteiger partial charge on any atom is -0.494 e. The second-order valence-electron chi connectivity index (χ2n) is 5.81. The van der Waals surface area contributed by atoms with Gasteiger partial charge in [-0.25, -0.2) is 0 Å². The fourth-order valence-electron chi connectivity index (χ4n) is 2.83. The summed E-state index contributed by atoms with van der Waals surface area (Å²) in [4.78, 5) is 25.2. The highest BCUT2D eigenvalue weighted by molar-refractivity contribution is 5.94. The number of nitrogens with one attached hydrogen (secondary N) is 1. The summed E-state index contributed by atoms with van der Waals surface area (Å²) in [5.74, 6) is 1.02. The van der Waals surface area contributed by atoms with Crippen LogP contribution in [-0.2, 0) is 20.7 Å². The van der Waals surface area contributed by atoms with Crippen molar-refractivity contribution in [2.24, 2.45) is 0 Å². The Bertz CT molecular complexity index is 582. The Hall–Kier alpha value is -2.08. The smallest absolute Gasteiger partial charge is 0.224 e. The molecule has 1 saturated heterocycles. The fraction of sp³-hybridized carbons (Fsp3) is 0.529. The summed E-state index contributed by atoms with van der Waals surface area (Å²) < 4.78 is 11.0. The Balaban J connectivity index is 1.42. The first-order valence-corrected chi connectivity index (χ1v) is 8.13. The maximum Gasteiger partial charge on any atom is 0.224 e. The molecular formula is C17H22N2O4. The van der Waals surface area contributed by atoms with Crippen LogP contribution in [0, 0.1) is 0 Å². The number of carbonyl (C=O) groups is 2. The van der Waals surface area contributed by atoms with Gasteiger partial charge < -0.3 is 19.7 Å². The van der Waals surface area contributed by atoms with E-state index in [0.717, 1.165) is 23.4 Å². The molecule has 0 saturated carbocycles. The average Bonchev–Trinajstić information content (AvgIpc) is 2.59. The van der Waals surface area contributed by atoms with Crippen molar-refractivity contribution in [2.45, 2.75) is 25.7 Å². The minimum absolute atomic E-state index is 0.0628. The van der Waals surface area contributed by atoms with Crippen molar-refractivity contribution >= 4 is 17.5 Å². The first-order valence-electron chi connectivity index (χ1n) is 8.13. The molecule has 0 radical (unpaired) electrons. The molecule has 6 nitrogen and oxygen atoms in total. The summed E-state index contributed by atoms with van der Waals surface area (Å²) in [5, 5.41) is 2.85. The van der Waals surface area contributed by atoms with Crippen LogP contribution in [0.2, 0.25) is 0 Å². The van der Waals surface area contributed by atoms with Gasteiger partial charge in [-0.1, -0.05) is 0 Å². The molecule has 0 bridgehead atoms. The lowest BCUT2D eigenvalue weighted by molar-refractivity contribution is -0.135. The van der Waals surface area contributed by atoms with Crippen LogP contribution in [0.4, 0.5) is 5.69 Å². The lowest BCUT2D eigenvalue weighted by atomic mass is 10.0. The number of anilines is 1. The van der Waals surface area contributed by atoms with Crippen LogP contribution in [0.25, 0.3) is 0 Å². The Kier molecular flexibility index (Phi) is 5.12. The third-order valence-corrected chi connectivity index (χ3v) is 4.14. The van der Waals surface area contributed by atoms with Gasteiger partial charge in [0.15, 0.2) is 0 Å². The van der Waals surface area contributed by atoms with Crippen molar-refractivity contribution in [2.75, 3.05) is 38.2 Å². The highest BCUT2D eigenvalue weighted by Crippen LogP contribution is 2.26. The van der Waals surface area contributed by atoms with Crippen molar-refractivity contribution in [3.8, 4) is 5.75 Å². The molecule has 1 aromatic carbocycles. The topological polar surface area (TPSA) is 67.9 Å². The zero-order valence-electron chi connectivity index (χ0n) is 13.2. The summed E-state index contributed by atoms with van der Waals surface area (Å²) >= 11 is 0. The number of aryl methyl sites for hydroxylation is 1. The van der Waals surface area contributed by atoms with E-state index in [-0.39, 0.29) is 11.8 Å². The highest BCUT2D eigenvalue weighted by Gasteiger charge is 2.17. The Morgan fingerprint density at radius 3 is 2.91 bits per heavy atom. The molecule has 2 amide bonds. The van der Waals surface area contributed by atoms with E-state index in [1.807, 2.05) is 23.1 Å². The molecule has 2 aliphatic heterocycles. The number of rotatable bonds is 5. The van der Waals surface area contributed by atoms with E-state index in [1.165, 1.54) is 0 Å². The molecule has 0 aliphatic carbocycles. The van der Waals surface area contributed by atoms with Crippen LogP contribution >= 0.6 is 0 Å². The number of hydrogen-bond donors (Lipinski definition) is 1. The van der Waals surface area contributed by atoms with Crippen LogP contribution < -0.4 is 10.1 Å². The van der Waals surface area contributed by atoms with Crippen molar-refractivity contribution in [3.05, 3.63) is 23.8 Å². The summed E-state index contributed by atoms with van der Waals surface area (Å²) in [6, 6.07) is 5.70. The monoisotopic (exact) mass is 318 g/mol. The summed E-state index contributed by atoms with van der Waals surface area (Å²) in [7, 11) is 0. The van der Waals surface area contributed by atoms with E-state index in [2.05, 4.69) is 5.32 Å². The van der Waals surface area contributed by atoms with Crippen molar-refractivity contribution in [3.63, 3.8) is 0 Å². The van der Waals surface area contributed by atoms with Gasteiger partial charge in [0.25, 0.3) is 0 Å². The van der Waals surface area contributed by atoms with Crippen LogP contribution in [0.3, 0.4) is 0 Å². The molecule has 0 unspecified atom stereocenters. The molecule has 1 fully saturated rings. The number of carbonyl (C=O) groups excluding carboxylic acids is 2. The van der Waals surface area contributed by atoms with E-state index < -0.39 is 0 Å². The molecule has 0 aromatic heterocycles. The first kappa shape index (κ1) is 15.8. The number of fused-ring (bicyclic) bond motifs is 1. The molecular weight excluding hydrogens is 296 g/mol. The molecule has 0 atom stereocenters. The van der Waals surface area contributed by atoms with Crippen molar-refractivity contribution in [1.82, 2.24) is 4.90 Å². The maximum atomic E-state index is 12.0. The minimum atomic E-state index is 0.0628. The number of nitrogens with zero attached hydrogens (tertiary/aromatic N) is 1. The lowest BCUT2D eigenvalue weighted by Gasteiger charge is -2.26. The fourth-order valence-corrected chi connectivity index (χ4v) is 2.83. The van der Waals surface area contributed by atoms with Gasteiger partial charge >= 0.3 is 0 Å². The van der Waals surface area contributed by atoms with Gasteiger partial charge in [0.05, 0.1) is 19.8 Å². The zero-order valence-corrected chi connectivity index (χ0v) is 13.2. The lowest BCUT2D eigenvalue weighted by Crippen LogP contribution is -2.40. The predicted octanol–water partition coefficient (Wildman–Crippen LogP) is 1.59. The summed E-state index contributed by atoms with van der Waals surface area (Å²) in [5.41, 5.74) is 1.97. The van der Waals surface area contributed by atoms with Crippen molar-refractivity contribution < 1.29 is 19.1 Å². The van der Waals surface area contributed by atoms with E-state index >= 15 is 0 Å². The van der Waals surface area contributed by atoms with Crippen LogP contribution in [0.15, 0.2) is 18.2 Å². The number of morpholine rings is 1. The largest absolute Gasteiger partial charge is 0.494 e. The first-order chi connectivity index (χ1) is 11.2. The molecule has 23 heavy (non-hydrogen) atoms. The quantitative estimate of drug-likeness (QED) is 0.837. The van der Waals surface area contributed by atoms with Gasteiger partial charge in [-0.2, -0.15) is 0 Å². The maximum absolute atomic E-state index is 12.0. The number of hydrogen-bond acceptors (Lipinski definition) is 4. The standard InChI is InChI=1S/C17H22N2O4/c20-16-6-3-13-12-14(4-5-15(13)18-16)23-9-1-2-17(21)19-7-10-22-11-8-19/h4-5,12H,1-3,6-11H2,(H,18,20). The van der Waals surface area contributed by atoms with Gasteiger partial charge in [0, 0.05) is 31.6 Å².